The number of carbonyl (C=O) groups excluding carboxylic acids is 4. The molecule has 0 saturated heterocycles. The number of aliphatic hydroxyl groups is 1. The maximum Gasteiger partial charge on any atom is 0.472 e. The Hall–Kier alpha value is -1.94. The molecular weight excluding hydrogens is 1350 g/mol. The second-order valence-electron chi connectivity index (χ2n) is 30.8. The Balaban J connectivity index is 5.25. The summed E-state index contributed by atoms with van der Waals surface area (Å²) in [7, 11) is -9.93. The number of rotatable bonds is 85. The van der Waals surface area contributed by atoms with E-state index in [1.54, 1.807) is 0 Å². The minimum Gasteiger partial charge on any atom is -0.462 e. The first kappa shape index (κ1) is 102. The second-order valence-corrected chi connectivity index (χ2v) is 33.7. The van der Waals surface area contributed by atoms with E-state index in [0.717, 1.165) is 95.8 Å². The summed E-state index contributed by atoms with van der Waals surface area (Å²) >= 11 is 0. The van der Waals surface area contributed by atoms with Gasteiger partial charge in [-0.1, -0.05) is 407 Å². The second kappa shape index (κ2) is 77.8. The normalized spacial score (nSPS) is 14.0. The van der Waals surface area contributed by atoms with Gasteiger partial charge < -0.3 is 33.8 Å². The smallest absolute Gasteiger partial charge is 0.462 e. The van der Waals surface area contributed by atoms with E-state index in [9.17, 15) is 43.2 Å². The SMILES string of the molecule is CCCCCCCCCCCCCCCCCCCCCCC(=O)O[C@H](COC(=O)CCCCCCCCCCCCCCCCCCC)COP(=O)(O)OC[C@@H](O)COP(=O)(O)OC[C@@H](COC(=O)CCCCCCCCCCC(C)CC)OC(=O)CCCCCCCCCCCCCCCCC. The lowest BCUT2D eigenvalue weighted by Crippen LogP contribution is -2.30. The molecule has 3 unspecified atom stereocenters. The Morgan fingerprint density at radius 1 is 0.269 bits per heavy atom. The van der Waals surface area contributed by atoms with Gasteiger partial charge in [0, 0.05) is 25.7 Å². The highest BCUT2D eigenvalue weighted by atomic mass is 31.2. The number of ether oxygens (including phenoxy) is 4. The maximum atomic E-state index is 13.1. The molecule has 0 bridgehead atoms. The topological polar surface area (TPSA) is 237 Å². The molecule has 618 valence electrons. The highest BCUT2D eigenvalue weighted by molar-refractivity contribution is 7.47. The van der Waals surface area contributed by atoms with Gasteiger partial charge in [-0.05, 0) is 31.6 Å². The van der Waals surface area contributed by atoms with Crippen molar-refractivity contribution in [2.24, 2.45) is 5.92 Å². The molecule has 0 fully saturated rings. The van der Waals surface area contributed by atoms with E-state index >= 15 is 0 Å². The molecule has 3 N–H and O–H groups in total. The van der Waals surface area contributed by atoms with Gasteiger partial charge in [-0.25, -0.2) is 9.13 Å². The summed E-state index contributed by atoms with van der Waals surface area (Å²) in [4.78, 5) is 73.2. The van der Waals surface area contributed by atoms with Crippen molar-refractivity contribution in [3.8, 4) is 0 Å². The van der Waals surface area contributed by atoms with Gasteiger partial charge >= 0.3 is 39.5 Å². The predicted molar refractivity (Wildman–Crippen MR) is 428 cm³/mol. The van der Waals surface area contributed by atoms with Crippen LogP contribution in [0.4, 0.5) is 0 Å². The fraction of sp³-hybridized carbons (Fsp3) is 0.953. The zero-order valence-corrected chi connectivity index (χ0v) is 70.0. The molecule has 0 aromatic carbocycles. The van der Waals surface area contributed by atoms with Crippen LogP contribution in [-0.4, -0.2) is 96.7 Å². The lowest BCUT2D eigenvalue weighted by molar-refractivity contribution is -0.161. The van der Waals surface area contributed by atoms with Crippen molar-refractivity contribution in [2.45, 2.75) is 477 Å². The molecule has 0 rings (SSSR count). The molecule has 0 aliphatic heterocycles. The third kappa shape index (κ3) is 76.8. The first-order valence-corrected chi connectivity index (χ1v) is 47.2. The first-order valence-electron chi connectivity index (χ1n) is 44.2. The maximum absolute atomic E-state index is 13.1. The molecule has 0 spiro atoms. The van der Waals surface area contributed by atoms with Crippen LogP contribution in [0, 0.1) is 5.92 Å². The van der Waals surface area contributed by atoms with Crippen LogP contribution in [0.1, 0.15) is 458 Å². The van der Waals surface area contributed by atoms with Gasteiger partial charge in [-0.15, -0.1) is 0 Å². The van der Waals surface area contributed by atoms with Gasteiger partial charge in [-0.3, -0.25) is 37.3 Å². The molecular formula is C85H166O17P2. The number of aliphatic hydroxyl groups excluding tert-OH is 1. The van der Waals surface area contributed by atoms with Crippen molar-refractivity contribution in [2.75, 3.05) is 39.6 Å². The average Bonchev–Trinajstić information content (AvgIpc) is 0.914. The average molecular weight is 1520 g/mol. The van der Waals surface area contributed by atoms with Gasteiger partial charge in [0.25, 0.3) is 0 Å². The van der Waals surface area contributed by atoms with Crippen LogP contribution in [0.2, 0.25) is 0 Å². The van der Waals surface area contributed by atoms with E-state index in [2.05, 4.69) is 34.6 Å². The van der Waals surface area contributed by atoms with Crippen LogP contribution >= 0.6 is 15.6 Å². The molecule has 6 atom stereocenters. The molecule has 0 aromatic heterocycles. The van der Waals surface area contributed by atoms with Crippen LogP contribution in [0.5, 0.6) is 0 Å². The predicted octanol–water partition coefficient (Wildman–Crippen LogP) is 26.0. The largest absolute Gasteiger partial charge is 0.472 e. The summed E-state index contributed by atoms with van der Waals surface area (Å²) in [5.74, 6) is -1.32. The number of phosphoric acid groups is 2. The highest BCUT2D eigenvalue weighted by Crippen LogP contribution is 2.45. The van der Waals surface area contributed by atoms with Crippen molar-refractivity contribution >= 4 is 39.5 Å². The van der Waals surface area contributed by atoms with Gasteiger partial charge in [0.05, 0.1) is 26.4 Å². The molecule has 0 aromatic rings. The first-order chi connectivity index (χ1) is 50.6. The van der Waals surface area contributed by atoms with Crippen molar-refractivity contribution in [1.82, 2.24) is 0 Å². The molecule has 0 heterocycles. The Morgan fingerprint density at radius 2 is 0.462 bits per heavy atom. The van der Waals surface area contributed by atoms with Crippen LogP contribution in [0.3, 0.4) is 0 Å². The van der Waals surface area contributed by atoms with E-state index < -0.39 is 97.5 Å². The van der Waals surface area contributed by atoms with E-state index in [0.29, 0.717) is 25.7 Å². The van der Waals surface area contributed by atoms with Gasteiger partial charge in [0.15, 0.2) is 12.2 Å². The fourth-order valence-electron chi connectivity index (χ4n) is 13.3. The number of hydrogen-bond donors (Lipinski definition) is 3. The minimum atomic E-state index is -4.96. The van der Waals surface area contributed by atoms with E-state index in [-0.39, 0.29) is 25.7 Å². The summed E-state index contributed by atoms with van der Waals surface area (Å²) in [6, 6.07) is 0. The molecule has 104 heavy (non-hydrogen) atoms. The van der Waals surface area contributed by atoms with Gasteiger partial charge in [0.2, 0.25) is 0 Å². The lowest BCUT2D eigenvalue weighted by atomic mass is 9.99. The number of carbonyl (C=O) groups is 4. The van der Waals surface area contributed by atoms with Gasteiger partial charge in [-0.2, -0.15) is 0 Å². The zero-order chi connectivity index (χ0) is 76.2. The number of phosphoric ester groups is 2. The van der Waals surface area contributed by atoms with Crippen LogP contribution in [0.15, 0.2) is 0 Å². The zero-order valence-electron chi connectivity index (χ0n) is 68.2. The molecule has 0 aliphatic rings. The van der Waals surface area contributed by atoms with E-state index in [1.807, 2.05) is 0 Å². The number of hydrogen-bond acceptors (Lipinski definition) is 15. The summed E-state index contributed by atoms with van der Waals surface area (Å²) in [5.41, 5.74) is 0. The minimum absolute atomic E-state index is 0.108. The molecule has 0 saturated carbocycles. The number of esters is 4. The third-order valence-corrected chi connectivity index (χ3v) is 22.3. The number of unbranched alkanes of at least 4 members (excludes halogenated alkanes) is 56. The summed E-state index contributed by atoms with van der Waals surface area (Å²) in [6.45, 7) is 7.37. The Labute approximate surface area is 638 Å². The fourth-order valence-corrected chi connectivity index (χ4v) is 14.8. The van der Waals surface area contributed by atoms with Crippen molar-refractivity contribution in [3.05, 3.63) is 0 Å². The standard InChI is InChI=1S/C85H166O17P2/c1-6-10-13-16-19-22-25-28-31-33-34-35-37-40-43-46-49-56-61-66-71-84(89)101-80(74-95-82(87)68-63-58-53-47-44-41-39-36-32-29-26-23-20-17-14-11-7-2)76-99-103(91,92)97-72-79(86)73-98-104(93,94)100-77-81(75-96-83(88)69-64-59-54-51-50-52-57-62-67-78(5)9-4)102-85(90)70-65-60-55-48-45-42-38-30-27-24-21-18-15-12-8-3/h78-81,86H,6-77H2,1-5H3,(H,91,92)(H,93,94)/t78?,79-,80-,81-/m1/s1. The van der Waals surface area contributed by atoms with Crippen LogP contribution in [-0.2, 0) is 65.4 Å². The quantitative estimate of drug-likeness (QED) is 0.0222. The molecule has 19 heteroatoms. The monoisotopic (exact) mass is 1520 g/mol. The molecule has 0 amide bonds. The van der Waals surface area contributed by atoms with Crippen molar-refractivity contribution in [3.63, 3.8) is 0 Å². The Morgan fingerprint density at radius 3 is 0.683 bits per heavy atom. The van der Waals surface area contributed by atoms with Crippen molar-refractivity contribution < 1.29 is 80.2 Å². The van der Waals surface area contributed by atoms with Crippen LogP contribution < -0.4 is 0 Å². The molecule has 0 aliphatic carbocycles. The lowest BCUT2D eigenvalue weighted by Gasteiger charge is -2.21. The highest BCUT2D eigenvalue weighted by Gasteiger charge is 2.30. The van der Waals surface area contributed by atoms with E-state index in [1.165, 1.54) is 283 Å². The van der Waals surface area contributed by atoms with Gasteiger partial charge in [0.1, 0.15) is 19.3 Å². The summed E-state index contributed by atoms with van der Waals surface area (Å²) in [5, 5.41) is 10.7. The summed E-state index contributed by atoms with van der Waals surface area (Å²) in [6.07, 6.45) is 70.7. The Bertz CT molecular complexity index is 1980. The van der Waals surface area contributed by atoms with Crippen molar-refractivity contribution in [1.29, 1.82) is 0 Å². The molecule has 0 radical (unpaired) electrons. The van der Waals surface area contributed by atoms with Crippen LogP contribution in [0.25, 0.3) is 0 Å². The molecule has 17 nitrogen and oxygen atoms in total. The van der Waals surface area contributed by atoms with E-state index in [4.69, 9.17) is 37.0 Å². The Kier molecular flexibility index (Phi) is 76.3. The summed E-state index contributed by atoms with van der Waals surface area (Å²) < 4.78 is 68.9. The third-order valence-electron chi connectivity index (χ3n) is 20.4.